The van der Waals surface area contributed by atoms with E-state index in [0.29, 0.717) is 6.04 Å². The van der Waals surface area contributed by atoms with Crippen LogP contribution in [-0.2, 0) is 0 Å². The lowest BCUT2D eigenvalue weighted by Gasteiger charge is -2.47. The number of nitrogens with two attached hydrogens (primary N) is 1. The van der Waals surface area contributed by atoms with Gasteiger partial charge in [-0.1, -0.05) is 6.92 Å². The highest BCUT2D eigenvalue weighted by Crippen LogP contribution is 2.26. The first-order chi connectivity index (χ1) is 6.70. The first-order valence-corrected chi connectivity index (χ1v) is 5.90. The van der Waals surface area contributed by atoms with Crippen LogP contribution in [0.4, 0.5) is 0 Å². The molecule has 3 nitrogen and oxygen atoms in total. The lowest BCUT2D eigenvalue weighted by Crippen LogP contribution is -2.59. The van der Waals surface area contributed by atoms with E-state index in [9.17, 15) is 0 Å². The third kappa shape index (κ3) is 1.95. The van der Waals surface area contributed by atoms with Crippen LogP contribution >= 0.6 is 0 Å². The molecule has 2 fully saturated rings. The van der Waals surface area contributed by atoms with Gasteiger partial charge in [0.15, 0.2) is 0 Å². The Hall–Kier alpha value is -0.120. The van der Waals surface area contributed by atoms with E-state index < -0.39 is 0 Å². The SMILES string of the molecule is CCC1CN(C2CC(N)C2)CCN1C. The van der Waals surface area contributed by atoms with E-state index in [1.54, 1.807) is 0 Å². The second kappa shape index (κ2) is 4.17. The molecule has 82 valence electrons. The van der Waals surface area contributed by atoms with Crippen molar-refractivity contribution >= 4 is 0 Å². The molecule has 0 bridgehead atoms. The maximum Gasteiger partial charge on any atom is 0.0218 e. The Kier molecular flexibility index (Phi) is 3.10. The number of likely N-dealkylation sites (N-methyl/N-ethyl adjacent to an activating group) is 1. The predicted molar refractivity (Wildman–Crippen MR) is 59.3 cm³/mol. The molecule has 2 N–H and O–H groups in total. The number of nitrogens with zero attached hydrogens (tertiary/aromatic N) is 2. The van der Waals surface area contributed by atoms with Crippen LogP contribution in [0.1, 0.15) is 26.2 Å². The number of hydrogen-bond acceptors (Lipinski definition) is 3. The summed E-state index contributed by atoms with van der Waals surface area (Å²) in [7, 11) is 2.25. The topological polar surface area (TPSA) is 32.5 Å². The van der Waals surface area contributed by atoms with Crippen LogP contribution in [0, 0.1) is 0 Å². The molecule has 1 atom stereocenters. The van der Waals surface area contributed by atoms with Crippen LogP contribution in [0.5, 0.6) is 0 Å². The van der Waals surface area contributed by atoms with Gasteiger partial charge in [0.25, 0.3) is 0 Å². The smallest absolute Gasteiger partial charge is 0.0218 e. The number of rotatable bonds is 2. The van der Waals surface area contributed by atoms with Gasteiger partial charge < -0.3 is 10.6 Å². The van der Waals surface area contributed by atoms with Crippen LogP contribution in [0.25, 0.3) is 0 Å². The van der Waals surface area contributed by atoms with Crippen LogP contribution in [0.15, 0.2) is 0 Å². The molecular formula is C11H23N3. The molecule has 1 unspecified atom stereocenters. The quantitative estimate of drug-likeness (QED) is 0.700. The van der Waals surface area contributed by atoms with E-state index in [1.807, 2.05) is 0 Å². The molecule has 0 spiro atoms. The summed E-state index contributed by atoms with van der Waals surface area (Å²) in [6.45, 7) is 6.01. The monoisotopic (exact) mass is 197 g/mol. The third-order valence-electron chi connectivity index (χ3n) is 3.95. The molecule has 0 aromatic heterocycles. The molecule has 2 aliphatic rings. The predicted octanol–water partition coefficient (Wildman–Crippen LogP) is 0.502. The van der Waals surface area contributed by atoms with Gasteiger partial charge in [0, 0.05) is 37.8 Å². The van der Waals surface area contributed by atoms with Crippen molar-refractivity contribution in [1.82, 2.24) is 9.80 Å². The Bertz CT molecular complexity index is 189. The van der Waals surface area contributed by atoms with Crippen molar-refractivity contribution in [2.45, 2.75) is 44.3 Å². The lowest BCUT2D eigenvalue weighted by molar-refractivity contribution is 0.0279. The first-order valence-electron chi connectivity index (χ1n) is 5.90. The maximum absolute atomic E-state index is 5.83. The van der Waals surface area contributed by atoms with Gasteiger partial charge in [-0.05, 0) is 26.3 Å². The Morgan fingerprint density at radius 3 is 2.57 bits per heavy atom. The van der Waals surface area contributed by atoms with Crippen LogP contribution in [0.3, 0.4) is 0 Å². The van der Waals surface area contributed by atoms with E-state index >= 15 is 0 Å². The molecule has 1 heterocycles. The zero-order valence-corrected chi connectivity index (χ0v) is 9.45. The van der Waals surface area contributed by atoms with E-state index in [1.165, 1.54) is 38.9 Å². The zero-order chi connectivity index (χ0) is 10.1. The Morgan fingerprint density at radius 1 is 1.29 bits per heavy atom. The minimum absolute atomic E-state index is 0.486. The first kappa shape index (κ1) is 10.4. The molecule has 0 amide bonds. The van der Waals surface area contributed by atoms with Crippen molar-refractivity contribution in [3.05, 3.63) is 0 Å². The van der Waals surface area contributed by atoms with Gasteiger partial charge in [-0.2, -0.15) is 0 Å². The largest absolute Gasteiger partial charge is 0.328 e. The summed E-state index contributed by atoms with van der Waals surface area (Å²) >= 11 is 0. The van der Waals surface area contributed by atoms with Gasteiger partial charge >= 0.3 is 0 Å². The minimum Gasteiger partial charge on any atom is -0.328 e. The molecule has 0 aromatic carbocycles. The third-order valence-corrected chi connectivity index (χ3v) is 3.95. The van der Waals surface area contributed by atoms with Crippen molar-refractivity contribution in [3.63, 3.8) is 0 Å². The highest BCUT2D eigenvalue weighted by Gasteiger charge is 2.34. The van der Waals surface area contributed by atoms with Crippen LogP contribution < -0.4 is 5.73 Å². The summed E-state index contributed by atoms with van der Waals surface area (Å²) in [5, 5.41) is 0. The fourth-order valence-corrected chi connectivity index (χ4v) is 2.67. The lowest BCUT2D eigenvalue weighted by atomic mass is 9.85. The molecule has 1 saturated carbocycles. The van der Waals surface area contributed by atoms with E-state index in [-0.39, 0.29) is 0 Å². The van der Waals surface area contributed by atoms with E-state index in [0.717, 1.165) is 12.1 Å². The van der Waals surface area contributed by atoms with Crippen molar-refractivity contribution in [3.8, 4) is 0 Å². The van der Waals surface area contributed by atoms with Gasteiger partial charge in [0.1, 0.15) is 0 Å². The summed E-state index contributed by atoms with van der Waals surface area (Å²) < 4.78 is 0. The second-order valence-electron chi connectivity index (χ2n) is 4.92. The molecule has 1 aliphatic carbocycles. The van der Waals surface area contributed by atoms with Crippen molar-refractivity contribution < 1.29 is 0 Å². The molecule has 2 rings (SSSR count). The van der Waals surface area contributed by atoms with Crippen molar-refractivity contribution in [2.75, 3.05) is 26.7 Å². The summed E-state index contributed by atoms with van der Waals surface area (Å²) in [6.07, 6.45) is 3.71. The van der Waals surface area contributed by atoms with E-state index in [4.69, 9.17) is 5.73 Å². The highest BCUT2D eigenvalue weighted by atomic mass is 15.3. The maximum atomic E-state index is 5.83. The van der Waals surface area contributed by atoms with Gasteiger partial charge in [0.05, 0.1) is 0 Å². The molecule has 0 radical (unpaired) electrons. The minimum atomic E-state index is 0.486. The Balaban J connectivity index is 1.84. The summed E-state index contributed by atoms with van der Waals surface area (Å²) in [6, 6.07) is 2.05. The van der Waals surface area contributed by atoms with Gasteiger partial charge in [0.2, 0.25) is 0 Å². The van der Waals surface area contributed by atoms with Gasteiger partial charge in [-0.3, -0.25) is 4.90 Å². The zero-order valence-electron chi connectivity index (χ0n) is 9.45. The van der Waals surface area contributed by atoms with E-state index in [2.05, 4.69) is 23.8 Å². The van der Waals surface area contributed by atoms with Crippen molar-refractivity contribution in [2.24, 2.45) is 5.73 Å². The number of hydrogen-bond donors (Lipinski definition) is 1. The fourth-order valence-electron chi connectivity index (χ4n) is 2.67. The molecular weight excluding hydrogens is 174 g/mol. The van der Waals surface area contributed by atoms with Crippen LogP contribution in [-0.4, -0.2) is 54.6 Å². The van der Waals surface area contributed by atoms with Gasteiger partial charge in [-0.15, -0.1) is 0 Å². The number of piperazine rings is 1. The molecule has 0 aromatic rings. The Labute approximate surface area is 87.2 Å². The molecule has 1 aliphatic heterocycles. The average Bonchev–Trinajstić information content (AvgIpc) is 2.14. The fraction of sp³-hybridized carbons (Fsp3) is 1.00. The summed E-state index contributed by atoms with van der Waals surface area (Å²) in [4.78, 5) is 5.15. The molecule has 1 saturated heterocycles. The average molecular weight is 197 g/mol. The molecule has 3 heteroatoms. The highest BCUT2D eigenvalue weighted by molar-refractivity contribution is 4.93. The Morgan fingerprint density at radius 2 is 2.00 bits per heavy atom. The standard InChI is InChI=1S/C11H23N3/c1-3-10-8-14(5-4-13(10)2)11-6-9(12)7-11/h9-11H,3-8,12H2,1-2H3. The summed E-state index contributed by atoms with van der Waals surface area (Å²) in [5.41, 5.74) is 5.83. The van der Waals surface area contributed by atoms with Gasteiger partial charge in [-0.25, -0.2) is 0 Å². The summed E-state index contributed by atoms with van der Waals surface area (Å²) in [5.74, 6) is 0. The normalized spacial score (nSPS) is 40.9. The van der Waals surface area contributed by atoms with Crippen LogP contribution in [0.2, 0.25) is 0 Å². The molecule has 14 heavy (non-hydrogen) atoms. The second-order valence-corrected chi connectivity index (χ2v) is 4.92. The van der Waals surface area contributed by atoms with Crippen molar-refractivity contribution in [1.29, 1.82) is 0 Å².